The normalized spacial score (nSPS) is 14.4. The van der Waals surface area contributed by atoms with E-state index in [1.54, 1.807) is 4.90 Å². The number of carbonyl (C=O) groups is 1. The van der Waals surface area contributed by atoms with Crippen LogP contribution in [0.25, 0.3) is 0 Å². The van der Waals surface area contributed by atoms with Gasteiger partial charge >= 0.3 is 0 Å². The van der Waals surface area contributed by atoms with Crippen molar-refractivity contribution in [3.63, 3.8) is 0 Å². The van der Waals surface area contributed by atoms with Crippen LogP contribution < -0.4 is 5.73 Å². The summed E-state index contributed by atoms with van der Waals surface area (Å²) in [5.74, 6) is 2.69. The lowest BCUT2D eigenvalue weighted by molar-refractivity contribution is -0.130. The van der Waals surface area contributed by atoms with Gasteiger partial charge in [0.15, 0.2) is 5.66 Å². The van der Waals surface area contributed by atoms with Crippen LogP contribution in [-0.2, 0) is 17.9 Å². The molecule has 1 heterocycles. The van der Waals surface area contributed by atoms with E-state index in [1.807, 2.05) is 31.3 Å². The molecule has 0 radical (unpaired) electrons. The zero-order chi connectivity index (χ0) is 16.0. The number of nitrogens with two attached hydrogens (primary N) is 1. The van der Waals surface area contributed by atoms with Gasteiger partial charge in [-0.15, -0.1) is 12.3 Å². The van der Waals surface area contributed by atoms with Crippen LogP contribution in [0, 0.1) is 12.3 Å². The number of hydrogen-bond acceptors (Lipinski definition) is 4. The number of nitrogens with zero attached hydrogens (tertiary/aromatic N) is 3. The van der Waals surface area contributed by atoms with E-state index in [9.17, 15) is 4.79 Å². The fourth-order valence-electron chi connectivity index (χ4n) is 2.31. The van der Waals surface area contributed by atoms with E-state index in [4.69, 9.17) is 12.2 Å². The molecule has 0 atom stereocenters. The molecule has 0 unspecified atom stereocenters. The number of rotatable bonds is 8. The van der Waals surface area contributed by atoms with Gasteiger partial charge < -0.3 is 10.6 Å². The maximum atomic E-state index is 12.2. The molecule has 5 heteroatoms. The summed E-state index contributed by atoms with van der Waals surface area (Å²) >= 11 is 0. The molecule has 1 aromatic rings. The number of carbonyl (C=O) groups excluding carboxylic acids is 1. The third kappa shape index (κ3) is 4.40. The van der Waals surface area contributed by atoms with Gasteiger partial charge in [-0.3, -0.25) is 4.79 Å². The predicted octanol–water partition coefficient (Wildman–Crippen LogP) is 2.46. The Hall–Kier alpha value is -2.19. The smallest absolute Gasteiger partial charge is 0.222 e. The minimum absolute atomic E-state index is 0.0975. The third-order valence-corrected chi connectivity index (χ3v) is 3.90. The first-order chi connectivity index (χ1) is 10.6. The molecule has 1 amide bonds. The molecule has 0 saturated carbocycles. The molecule has 2 rings (SSSR count). The fourth-order valence-corrected chi connectivity index (χ4v) is 2.31. The Labute approximate surface area is 131 Å². The molecular weight excluding hydrogens is 276 g/mol. The van der Waals surface area contributed by atoms with Crippen molar-refractivity contribution < 1.29 is 4.79 Å². The zero-order valence-corrected chi connectivity index (χ0v) is 13.0. The van der Waals surface area contributed by atoms with Gasteiger partial charge in [0.2, 0.25) is 5.91 Å². The fraction of sp³-hybridized carbons (Fsp3) is 0.471. The van der Waals surface area contributed by atoms with E-state index >= 15 is 0 Å². The second kappa shape index (κ2) is 7.19. The van der Waals surface area contributed by atoms with Crippen LogP contribution in [0.3, 0.4) is 0 Å². The van der Waals surface area contributed by atoms with Crippen LogP contribution in [0.2, 0.25) is 0 Å². The minimum Gasteiger partial charge on any atom is -0.341 e. The quantitative estimate of drug-likeness (QED) is 0.749. The highest BCUT2D eigenvalue weighted by Gasteiger charge is 2.39. The lowest BCUT2D eigenvalue weighted by Crippen LogP contribution is -2.27. The number of terminal acetylenes is 1. The highest BCUT2D eigenvalue weighted by Crippen LogP contribution is 2.37. The van der Waals surface area contributed by atoms with Crippen molar-refractivity contribution in [2.24, 2.45) is 16.0 Å². The van der Waals surface area contributed by atoms with E-state index in [-0.39, 0.29) is 11.6 Å². The SMILES string of the molecule is C#CCCC1(CCC(=O)N(C)Cc2ccc(CN)cc2)N=N1. The van der Waals surface area contributed by atoms with Gasteiger partial charge in [-0.25, -0.2) is 0 Å². The summed E-state index contributed by atoms with van der Waals surface area (Å²) in [6.45, 7) is 1.12. The largest absolute Gasteiger partial charge is 0.341 e. The molecule has 22 heavy (non-hydrogen) atoms. The Morgan fingerprint density at radius 3 is 2.45 bits per heavy atom. The van der Waals surface area contributed by atoms with Gasteiger partial charge in [-0.2, -0.15) is 10.2 Å². The second-order valence-corrected chi connectivity index (χ2v) is 5.66. The molecule has 0 bridgehead atoms. The third-order valence-electron chi connectivity index (χ3n) is 3.90. The van der Waals surface area contributed by atoms with Crippen molar-refractivity contribution in [2.75, 3.05) is 7.05 Å². The zero-order valence-electron chi connectivity index (χ0n) is 13.0. The molecule has 2 N–H and O–H groups in total. The van der Waals surface area contributed by atoms with Crippen molar-refractivity contribution in [3.05, 3.63) is 35.4 Å². The van der Waals surface area contributed by atoms with Gasteiger partial charge in [0.05, 0.1) is 0 Å². The van der Waals surface area contributed by atoms with Crippen LogP contribution in [0.1, 0.15) is 36.8 Å². The molecule has 0 aliphatic carbocycles. The maximum Gasteiger partial charge on any atom is 0.222 e. The molecule has 0 spiro atoms. The molecule has 1 aliphatic heterocycles. The maximum absolute atomic E-state index is 12.2. The summed E-state index contributed by atoms with van der Waals surface area (Å²) in [5, 5.41) is 8.11. The van der Waals surface area contributed by atoms with Gasteiger partial charge in [0.1, 0.15) is 0 Å². The number of benzene rings is 1. The number of amides is 1. The monoisotopic (exact) mass is 298 g/mol. The van der Waals surface area contributed by atoms with Crippen molar-refractivity contribution in [1.29, 1.82) is 0 Å². The van der Waals surface area contributed by atoms with Crippen LogP contribution in [-0.4, -0.2) is 23.5 Å². The summed E-state index contributed by atoms with van der Waals surface area (Å²) in [5.41, 5.74) is 7.37. The Bertz CT molecular complexity index is 580. The van der Waals surface area contributed by atoms with Crippen molar-refractivity contribution in [3.8, 4) is 12.3 Å². The summed E-state index contributed by atoms with van der Waals surface area (Å²) < 4.78 is 0. The molecule has 116 valence electrons. The Kier molecular flexibility index (Phi) is 5.29. The molecule has 1 aromatic carbocycles. The average Bonchev–Trinajstić information content (AvgIpc) is 3.31. The first kappa shape index (κ1) is 16.2. The summed E-state index contributed by atoms with van der Waals surface area (Å²) in [6, 6.07) is 7.99. The van der Waals surface area contributed by atoms with Crippen LogP contribution in [0.15, 0.2) is 34.5 Å². The molecule has 0 aromatic heterocycles. The van der Waals surface area contributed by atoms with Crippen LogP contribution in [0.5, 0.6) is 0 Å². The summed E-state index contributed by atoms with van der Waals surface area (Å²) in [6.07, 6.45) is 7.72. The first-order valence-electron chi connectivity index (χ1n) is 7.48. The lowest BCUT2D eigenvalue weighted by atomic mass is 10.0. The van der Waals surface area contributed by atoms with E-state index < -0.39 is 0 Å². The molecule has 5 nitrogen and oxygen atoms in total. The van der Waals surface area contributed by atoms with Crippen molar-refractivity contribution in [2.45, 2.75) is 44.4 Å². The topological polar surface area (TPSA) is 71.0 Å². The summed E-state index contributed by atoms with van der Waals surface area (Å²) in [7, 11) is 1.81. The molecule has 0 fully saturated rings. The van der Waals surface area contributed by atoms with Crippen LogP contribution in [0.4, 0.5) is 0 Å². The van der Waals surface area contributed by atoms with E-state index in [1.165, 1.54) is 0 Å². The predicted molar refractivity (Wildman–Crippen MR) is 85.7 cm³/mol. The summed E-state index contributed by atoms with van der Waals surface area (Å²) in [4.78, 5) is 13.9. The second-order valence-electron chi connectivity index (χ2n) is 5.66. The van der Waals surface area contributed by atoms with Gasteiger partial charge in [0.25, 0.3) is 0 Å². The van der Waals surface area contributed by atoms with Gasteiger partial charge in [0, 0.05) is 45.8 Å². The van der Waals surface area contributed by atoms with Crippen molar-refractivity contribution >= 4 is 5.91 Å². The average molecular weight is 298 g/mol. The highest BCUT2D eigenvalue weighted by molar-refractivity contribution is 5.76. The minimum atomic E-state index is -0.383. The van der Waals surface area contributed by atoms with E-state index in [0.29, 0.717) is 32.4 Å². The van der Waals surface area contributed by atoms with E-state index in [2.05, 4.69) is 16.1 Å². The molecule has 0 saturated heterocycles. The first-order valence-corrected chi connectivity index (χ1v) is 7.48. The van der Waals surface area contributed by atoms with E-state index in [0.717, 1.165) is 17.5 Å². The number of hydrogen-bond donors (Lipinski definition) is 1. The molecular formula is C17H22N4O. The molecule has 1 aliphatic rings. The Morgan fingerprint density at radius 1 is 1.27 bits per heavy atom. The lowest BCUT2D eigenvalue weighted by Gasteiger charge is -2.18. The van der Waals surface area contributed by atoms with Gasteiger partial charge in [-0.05, 0) is 11.1 Å². The Balaban J connectivity index is 1.78. The van der Waals surface area contributed by atoms with Crippen LogP contribution >= 0.6 is 0 Å². The van der Waals surface area contributed by atoms with Crippen molar-refractivity contribution in [1.82, 2.24) is 4.90 Å². The van der Waals surface area contributed by atoms with Gasteiger partial charge in [-0.1, -0.05) is 24.3 Å². The standard InChI is InChI=1S/C17H22N4O/c1-3-4-10-17(19-20-17)11-9-16(22)21(2)13-15-7-5-14(12-18)6-8-15/h1,5-8H,4,9-13,18H2,2H3. The Morgan fingerprint density at radius 2 is 1.91 bits per heavy atom. The highest BCUT2D eigenvalue weighted by atomic mass is 16.2.